The summed E-state index contributed by atoms with van der Waals surface area (Å²) in [6.07, 6.45) is 3.53. The van der Waals surface area contributed by atoms with Crippen LogP contribution in [0.5, 0.6) is 5.75 Å². The standard InChI is InChI=1S/C13H8BrCl2N3O/c14-10-5-19-7-17-18-13(19)3-8(10)6-20-9-1-2-11(15)12(16)4-9/h1-5,7H,6H2. The van der Waals surface area contributed by atoms with Crippen molar-refractivity contribution >= 4 is 44.8 Å². The Labute approximate surface area is 133 Å². The number of fused-ring (bicyclic) bond motifs is 1. The molecule has 0 unspecified atom stereocenters. The predicted octanol–water partition coefficient (Wildman–Crippen LogP) is 4.38. The molecule has 0 radical (unpaired) electrons. The molecule has 0 spiro atoms. The fourth-order valence-corrected chi connectivity index (χ4v) is 2.46. The first-order valence-corrected chi connectivity index (χ1v) is 7.24. The van der Waals surface area contributed by atoms with Crippen molar-refractivity contribution in [2.75, 3.05) is 0 Å². The van der Waals surface area contributed by atoms with Gasteiger partial charge in [-0.1, -0.05) is 23.2 Å². The number of halogens is 3. The Balaban J connectivity index is 1.82. The van der Waals surface area contributed by atoms with Crippen LogP contribution < -0.4 is 4.74 Å². The molecule has 3 aromatic rings. The fourth-order valence-electron chi connectivity index (χ4n) is 1.72. The van der Waals surface area contributed by atoms with E-state index in [-0.39, 0.29) is 0 Å². The van der Waals surface area contributed by atoms with E-state index in [1.54, 1.807) is 24.5 Å². The molecule has 0 aliphatic carbocycles. The molecule has 0 N–H and O–H groups in total. The lowest BCUT2D eigenvalue weighted by atomic mass is 10.3. The zero-order valence-electron chi connectivity index (χ0n) is 10.1. The molecular weight excluding hydrogens is 365 g/mol. The van der Waals surface area contributed by atoms with E-state index >= 15 is 0 Å². The van der Waals surface area contributed by atoms with Gasteiger partial charge in [-0.25, -0.2) is 0 Å². The summed E-state index contributed by atoms with van der Waals surface area (Å²) in [5.74, 6) is 0.660. The highest BCUT2D eigenvalue weighted by atomic mass is 79.9. The van der Waals surface area contributed by atoms with Crippen molar-refractivity contribution in [3.63, 3.8) is 0 Å². The van der Waals surface area contributed by atoms with Gasteiger partial charge in [0.05, 0.1) is 10.0 Å². The van der Waals surface area contributed by atoms with Crippen LogP contribution in [0.4, 0.5) is 0 Å². The van der Waals surface area contributed by atoms with Gasteiger partial charge >= 0.3 is 0 Å². The van der Waals surface area contributed by atoms with E-state index in [0.717, 1.165) is 15.7 Å². The van der Waals surface area contributed by atoms with Crippen molar-refractivity contribution in [3.8, 4) is 5.75 Å². The Morgan fingerprint density at radius 2 is 2.05 bits per heavy atom. The molecule has 0 bridgehead atoms. The maximum absolute atomic E-state index is 5.95. The van der Waals surface area contributed by atoms with Crippen molar-refractivity contribution in [1.29, 1.82) is 0 Å². The lowest BCUT2D eigenvalue weighted by molar-refractivity contribution is 0.305. The van der Waals surface area contributed by atoms with Gasteiger partial charge in [0.15, 0.2) is 5.65 Å². The molecule has 7 heteroatoms. The Kier molecular flexibility index (Phi) is 3.83. The number of hydrogen-bond acceptors (Lipinski definition) is 3. The molecule has 3 rings (SSSR count). The molecule has 0 saturated heterocycles. The second-order valence-electron chi connectivity index (χ2n) is 4.11. The van der Waals surface area contributed by atoms with E-state index in [4.69, 9.17) is 27.9 Å². The summed E-state index contributed by atoms with van der Waals surface area (Å²) >= 11 is 15.3. The van der Waals surface area contributed by atoms with Gasteiger partial charge in [0.1, 0.15) is 18.7 Å². The first kappa shape index (κ1) is 13.7. The number of ether oxygens (including phenoxy) is 1. The van der Waals surface area contributed by atoms with Crippen molar-refractivity contribution in [2.24, 2.45) is 0 Å². The largest absolute Gasteiger partial charge is 0.489 e. The Bertz CT molecular complexity index is 775. The van der Waals surface area contributed by atoms with Crippen LogP contribution in [-0.2, 0) is 6.61 Å². The van der Waals surface area contributed by atoms with Gasteiger partial charge in [-0.05, 0) is 34.1 Å². The predicted molar refractivity (Wildman–Crippen MR) is 81.5 cm³/mol. The normalized spacial score (nSPS) is 10.9. The number of rotatable bonds is 3. The molecule has 0 aliphatic heterocycles. The zero-order chi connectivity index (χ0) is 14.1. The Morgan fingerprint density at radius 1 is 1.20 bits per heavy atom. The summed E-state index contributed by atoms with van der Waals surface area (Å²) in [6, 6.07) is 7.08. The van der Waals surface area contributed by atoms with Gasteiger partial charge in [-0.15, -0.1) is 10.2 Å². The molecule has 4 nitrogen and oxygen atoms in total. The number of nitrogens with zero attached hydrogens (tertiary/aromatic N) is 3. The number of hydrogen-bond donors (Lipinski definition) is 0. The van der Waals surface area contributed by atoms with Crippen molar-refractivity contribution < 1.29 is 4.74 Å². The third-order valence-corrected chi connectivity index (χ3v) is 4.20. The van der Waals surface area contributed by atoms with Crippen LogP contribution >= 0.6 is 39.1 Å². The minimum absolute atomic E-state index is 0.391. The van der Waals surface area contributed by atoms with E-state index < -0.39 is 0 Å². The monoisotopic (exact) mass is 371 g/mol. The highest BCUT2D eigenvalue weighted by Gasteiger charge is 2.06. The van der Waals surface area contributed by atoms with E-state index in [9.17, 15) is 0 Å². The van der Waals surface area contributed by atoms with Crippen LogP contribution in [-0.4, -0.2) is 14.6 Å². The van der Waals surface area contributed by atoms with E-state index in [1.165, 1.54) is 0 Å². The highest BCUT2D eigenvalue weighted by Crippen LogP contribution is 2.27. The molecular formula is C13H8BrCl2N3O. The van der Waals surface area contributed by atoms with Gasteiger partial charge < -0.3 is 4.74 Å². The summed E-state index contributed by atoms with van der Waals surface area (Å²) in [4.78, 5) is 0. The number of benzene rings is 1. The number of pyridine rings is 1. The SMILES string of the molecule is Clc1ccc(OCc2cc3nncn3cc2Br)cc1Cl. The molecule has 1 aromatic carbocycles. The quantitative estimate of drug-likeness (QED) is 0.684. The molecule has 102 valence electrons. The molecule has 0 amide bonds. The summed E-state index contributed by atoms with van der Waals surface area (Å²) in [5.41, 5.74) is 1.73. The average molecular weight is 373 g/mol. The van der Waals surface area contributed by atoms with Gasteiger partial charge in [0.2, 0.25) is 0 Å². The smallest absolute Gasteiger partial charge is 0.161 e. The zero-order valence-corrected chi connectivity index (χ0v) is 13.2. The van der Waals surface area contributed by atoms with Gasteiger partial charge in [-0.2, -0.15) is 0 Å². The lowest BCUT2D eigenvalue weighted by Crippen LogP contribution is -1.98. The molecule has 0 atom stereocenters. The summed E-state index contributed by atoms with van der Waals surface area (Å²) in [6.45, 7) is 0.391. The lowest BCUT2D eigenvalue weighted by Gasteiger charge is -2.09. The van der Waals surface area contributed by atoms with Gasteiger partial charge in [-0.3, -0.25) is 4.40 Å². The fraction of sp³-hybridized carbons (Fsp3) is 0.0769. The third-order valence-electron chi connectivity index (χ3n) is 2.75. The Morgan fingerprint density at radius 3 is 2.85 bits per heavy atom. The average Bonchev–Trinajstić information content (AvgIpc) is 2.87. The first-order chi connectivity index (χ1) is 9.63. The van der Waals surface area contributed by atoms with Crippen LogP contribution in [0.1, 0.15) is 5.56 Å². The maximum atomic E-state index is 5.95. The van der Waals surface area contributed by atoms with Crippen LogP contribution in [0.25, 0.3) is 5.65 Å². The van der Waals surface area contributed by atoms with Crippen LogP contribution in [0.15, 0.2) is 41.3 Å². The van der Waals surface area contributed by atoms with Crippen molar-refractivity contribution in [3.05, 3.63) is 56.9 Å². The molecule has 0 saturated carbocycles. The molecule has 2 aromatic heterocycles. The van der Waals surface area contributed by atoms with Crippen LogP contribution in [0.2, 0.25) is 10.0 Å². The minimum atomic E-state index is 0.391. The van der Waals surface area contributed by atoms with Crippen LogP contribution in [0.3, 0.4) is 0 Å². The molecule has 2 heterocycles. The van der Waals surface area contributed by atoms with Crippen molar-refractivity contribution in [1.82, 2.24) is 14.6 Å². The van der Waals surface area contributed by atoms with E-state index in [1.807, 2.05) is 16.7 Å². The second-order valence-corrected chi connectivity index (χ2v) is 5.78. The van der Waals surface area contributed by atoms with Crippen molar-refractivity contribution in [2.45, 2.75) is 6.61 Å². The number of aromatic nitrogens is 3. The highest BCUT2D eigenvalue weighted by molar-refractivity contribution is 9.10. The van der Waals surface area contributed by atoms with Gasteiger partial charge in [0.25, 0.3) is 0 Å². The summed E-state index contributed by atoms with van der Waals surface area (Å²) in [5, 5.41) is 8.81. The molecule has 20 heavy (non-hydrogen) atoms. The summed E-state index contributed by atoms with van der Waals surface area (Å²) < 4.78 is 8.45. The van der Waals surface area contributed by atoms with E-state index in [2.05, 4.69) is 26.1 Å². The molecule has 0 fully saturated rings. The molecule has 0 aliphatic rings. The minimum Gasteiger partial charge on any atom is -0.489 e. The van der Waals surface area contributed by atoms with Crippen LogP contribution in [0, 0.1) is 0 Å². The van der Waals surface area contributed by atoms with E-state index in [0.29, 0.717) is 22.4 Å². The maximum Gasteiger partial charge on any atom is 0.161 e. The topological polar surface area (TPSA) is 39.4 Å². The summed E-state index contributed by atoms with van der Waals surface area (Å²) in [7, 11) is 0. The second kappa shape index (κ2) is 5.60. The third kappa shape index (κ3) is 2.75. The van der Waals surface area contributed by atoms with Gasteiger partial charge in [0, 0.05) is 22.3 Å². The first-order valence-electron chi connectivity index (χ1n) is 5.69. The Hall–Kier alpha value is -1.30.